The second-order valence-electron chi connectivity index (χ2n) is 8.22. The molecule has 156 valence electrons. The molecule has 0 radical (unpaired) electrons. The fraction of sp³-hybridized carbons (Fsp3) is 0.714. The van der Waals surface area contributed by atoms with Crippen LogP contribution in [0.1, 0.15) is 56.3 Å². The molecule has 0 bridgehead atoms. The van der Waals surface area contributed by atoms with Crippen molar-refractivity contribution in [3.8, 4) is 0 Å². The molecule has 2 heterocycles. The third-order valence-corrected chi connectivity index (χ3v) is 6.20. The van der Waals surface area contributed by atoms with Crippen LogP contribution in [0, 0.1) is 5.92 Å². The molecule has 1 aliphatic rings. The first-order chi connectivity index (χ1) is 13.5. The molecule has 6 nitrogen and oxygen atoms in total. The van der Waals surface area contributed by atoms with Gasteiger partial charge in [0.05, 0.1) is 24.6 Å². The quantitative estimate of drug-likeness (QED) is 0.633. The van der Waals surface area contributed by atoms with E-state index in [1.807, 2.05) is 0 Å². The van der Waals surface area contributed by atoms with Gasteiger partial charge in [0.2, 0.25) is 0 Å². The van der Waals surface area contributed by atoms with Gasteiger partial charge in [0.25, 0.3) is 5.56 Å². The minimum absolute atomic E-state index is 0.0170. The van der Waals surface area contributed by atoms with Crippen molar-refractivity contribution in [3.05, 3.63) is 26.6 Å². The summed E-state index contributed by atoms with van der Waals surface area (Å²) in [5.41, 5.74) is 1.20. The van der Waals surface area contributed by atoms with E-state index in [9.17, 15) is 9.90 Å². The second kappa shape index (κ2) is 9.96. The van der Waals surface area contributed by atoms with Gasteiger partial charge in [-0.1, -0.05) is 20.8 Å². The van der Waals surface area contributed by atoms with Crippen LogP contribution >= 0.6 is 11.3 Å². The number of aliphatic hydroxyl groups is 1. The highest BCUT2D eigenvalue weighted by atomic mass is 32.1. The van der Waals surface area contributed by atoms with E-state index in [0.717, 1.165) is 42.4 Å². The molecule has 2 aromatic rings. The summed E-state index contributed by atoms with van der Waals surface area (Å²) >= 11 is 1.68. The Morgan fingerprint density at radius 3 is 2.82 bits per heavy atom. The van der Waals surface area contributed by atoms with Gasteiger partial charge in [-0.25, -0.2) is 4.98 Å². The molecule has 0 saturated carbocycles. The molecule has 7 heteroatoms. The van der Waals surface area contributed by atoms with Crippen molar-refractivity contribution in [3.63, 3.8) is 0 Å². The maximum absolute atomic E-state index is 12.7. The molecule has 3 rings (SSSR count). The Morgan fingerprint density at radius 2 is 2.07 bits per heavy atom. The first kappa shape index (κ1) is 21.4. The highest BCUT2D eigenvalue weighted by Crippen LogP contribution is 2.33. The number of aromatic amines is 1. The normalized spacial score (nSPS) is 15.5. The van der Waals surface area contributed by atoms with Crippen molar-refractivity contribution in [1.29, 1.82) is 0 Å². The zero-order chi connectivity index (χ0) is 20.1. The number of nitrogens with one attached hydrogen (secondary N) is 1. The molecule has 28 heavy (non-hydrogen) atoms. The van der Waals surface area contributed by atoms with Crippen LogP contribution in [0.15, 0.2) is 4.79 Å². The largest absolute Gasteiger partial charge is 0.389 e. The van der Waals surface area contributed by atoms with E-state index in [1.54, 1.807) is 11.3 Å². The minimum Gasteiger partial charge on any atom is -0.389 e. The molecule has 2 N–H and O–H groups in total. The highest BCUT2D eigenvalue weighted by molar-refractivity contribution is 7.18. The second-order valence-corrected chi connectivity index (χ2v) is 9.31. The van der Waals surface area contributed by atoms with Gasteiger partial charge in [-0.2, -0.15) is 0 Å². The molecule has 0 fully saturated rings. The summed E-state index contributed by atoms with van der Waals surface area (Å²) in [5, 5.41) is 11.1. The lowest BCUT2D eigenvalue weighted by molar-refractivity contribution is 0.00657. The lowest BCUT2D eigenvalue weighted by atomic mass is 9.97. The number of aliphatic hydroxyl groups excluding tert-OH is 1. The summed E-state index contributed by atoms with van der Waals surface area (Å²) in [6, 6.07) is 0. The summed E-state index contributed by atoms with van der Waals surface area (Å²) in [4.78, 5) is 24.8. The number of hydrogen-bond acceptors (Lipinski definition) is 6. The van der Waals surface area contributed by atoms with Crippen molar-refractivity contribution in [2.75, 3.05) is 26.3 Å². The maximum atomic E-state index is 12.7. The fourth-order valence-electron chi connectivity index (χ4n) is 3.84. The molecule has 1 aliphatic carbocycles. The highest BCUT2D eigenvalue weighted by Gasteiger charge is 2.20. The molecular formula is C21H33N3O3S. The van der Waals surface area contributed by atoms with E-state index in [1.165, 1.54) is 16.9 Å². The van der Waals surface area contributed by atoms with Crippen LogP contribution in [0.25, 0.3) is 10.2 Å². The van der Waals surface area contributed by atoms with Crippen LogP contribution < -0.4 is 5.56 Å². The summed E-state index contributed by atoms with van der Waals surface area (Å²) in [6.07, 6.45) is 4.83. The number of aryl methyl sites for hydroxylation is 2. The monoisotopic (exact) mass is 407 g/mol. The standard InChI is InChI=1S/C21H33N3O3S/c1-4-9-24(10-15(25)13-27-12-14(2)3)11-18-22-20(26)19-16-7-5-6-8-17(16)28-21(19)23-18/h14-15,25H,4-13H2,1-3H3,(H,22,23,26)/t15-/m1/s1. The van der Waals surface area contributed by atoms with E-state index in [-0.39, 0.29) is 5.56 Å². The van der Waals surface area contributed by atoms with Crippen LogP contribution in [-0.4, -0.2) is 52.4 Å². The Balaban J connectivity index is 1.70. The van der Waals surface area contributed by atoms with E-state index < -0.39 is 6.10 Å². The molecule has 0 aliphatic heterocycles. The van der Waals surface area contributed by atoms with Gasteiger partial charge in [-0.15, -0.1) is 11.3 Å². The average molecular weight is 408 g/mol. The Labute approximate surface area is 170 Å². The topological polar surface area (TPSA) is 78.5 Å². The summed E-state index contributed by atoms with van der Waals surface area (Å²) in [5.74, 6) is 1.14. The van der Waals surface area contributed by atoms with Gasteiger partial charge in [0.15, 0.2) is 0 Å². The summed E-state index contributed by atoms with van der Waals surface area (Å²) in [6.45, 7) is 9.16. The van der Waals surface area contributed by atoms with E-state index in [2.05, 4.69) is 30.7 Å². The number of hydrogen-bond donors (Lipinski definition) is 2. The van der Waals surface area contributed by atoms with Crippen LogP contribution in [0.2, 0.25) is 0 Å². The van der Waals surface area contributed by atoms with Gasteiger partial charge in [-0.05, 0) is 50.1 Å². The van der Waals surface area contributed by atoms with Crippen molar-refractivity contribution in [2.45, 2.75) is 65.5 Å². The van der Waals surface area contributed by atoms with Crippen molar-refractivity contribution in [2.24, 2.45) is 5.92 Å². The van der Waals surface area contributed by atoms with Crippen molar-refractivity contribution in [1.82, 2.24) is 14.9 Å². The van der Waals surface area contributed by atoms with E-state index in [4.69, 9.17) is 9.72 Å². The van der Waals surface area contributed by atoms with Gasteiger partial charge in [0.1, 0.15) is 10.7 Å². The number of nitrogens with zero attached hydrogens (tertiary/aromatic N) is 2. The summed E-state index contributed by atoms with van der Waals surface area (Å²) < 4.78 is 5.56. The Kier molecular flexibility index (Phi) is 7.62. The summed E-state index contributed by atoms with van der Waals surface area (Å²) in [7, 11) is 0. The van der Waals surface area contributed by atoms with Crippen molar-refractivity contribution >= 4 is 21.6 Å². The molecule has 0 amide bonds. The van der Waals surface area contributed by atoms with Crippen LogP contribution in [0.3, 0.4) is 0 Å². The van der Waals surface area contributed by atoms with Gasteiger partial charge in [0, 0.05) is 18.0 Å². The maximum Gasteiger partial charge on any atom is 0.259 e. The number of thiophene rings is 1. The van der Waals surface area contributed by atoms with E-state index >= 15 is 0 Å². The average Bonchev–Trinajstić information content (AvgIpc) is 3.00. The zero-order valence-corrected chi connectivity index (χ0v) is 18.1. The van der Waals surface area contributed by atoms with Crippen LogP contribution in [-0.2, 0) is 24.1 Å². The number of H-pyrrole nitrogens is 1. The zero-order valence-electron chi connectivity index (χ0n) is 17.3. The lowest BCUT2D eigenvalue weighted by Crippen LogP contribution is -2.36. The van der Waals surface area contributed by atoms with Gasteiger partial charge >= 0.3 is 0 Å². The lowest BCUT2D eigenvalue weighted by Gasteiger charge is -2.24. The number of fused-ring (bicyclic) bond motifs is 3. The SMILES string of the molecule is CCCN(Cc1nc2sc3c(c2c(=O)[nH]1)CCCC3)C[C@@H](O)COCC(C)C. The van der Waals surface area contributed by atoms with Crippen LogP contribution in [0.5, 0.6) is 0 Å². The number of aromatic nitrogens is 2. The van der Waals surface area contributed by atoms with Gasteiger partial charge in [-0.3, -0.25) is 9.69 Å². The van der Waals surface area contributed by atoms with E-state index in [0.29, 0.717) is 38.0 Å². The van der Waals surface area contributed by atoms with Crippen molar-refractivity contribution < 1.29 is 9.84 Å². The predicted molar refractivity (Wildman–Crippen MR) is 114 cm³/mol. The predicted octanol–water partition coefficient (Wildman–Crippen LogP) is 3.11. The smallest absolute Gasteiger partial charge is 0.259 e. The minimum atomic E-state index is -0.546. The molecular weight excluding hydrogens is 374 g/mol. The molecule has 1 atom stereocenters. The first-order valence-electron chi connectivity index (χ1n) is 10.5. The Bertz CT molecular complexity index is 830. The molecule has 0 spiro atoms. The molecule has 2 aromatic heterocycles. The number of rotatable bonds is 10. The van der Waals surface area contributed by atoms with Crippen LogP contribution in [0.4, 0.5) is 0 Å². The Hall–Kier alpha value is -1.28. The van der Waals surface area contributed by atoms with Gasteiger partial charge < -0.3 is 14.8 Å². The molecule has 0 saturated heterocycles. The molecule has 0 aromatic carbocycles. The molecule has 0 unspecified atom stereocenters. The third kappa shape index (κ3) is 5.41. The number of ether oxygens (including phenoxy) is 1. The third-order valence-electron chi connectivity index (χ3n) is 5.02. The first-order valence-corrected chi connectivity index (χ1v) is 11.3. The fourth-order valence-corrected chi connectivity index (χ4v) is 5.12. The Morgan fingerprint density at radius 1 is 1.29 bits per heavy atom.